The van der Waals surface area contributed by atoms with Crippen LogP contribution in [0.2, 0.25) is 0 Å². The number of nitrogens with one attached hydrogen (secondary N) is 1. The second kappa shape index (κ2) is 6.14. The standard InChI is InChI=1S/C21H20N2OS/c1-13(23(2)3)14-4-6-15(7-5-14)16-8-9-19-18(12-16)17-10-11-25-20(17)21(24)22-19/h4-13H,1-3H3,(H,22,24). The van der Waals surface area contributed by atoms with E-state index in [0.717, 1.165) is 26.6 Å². The van der Waals surface area contributed by atoms with Crippen molar-refractivity contribution in [1.82, 2.24) is 9.88 Å². The largest absolute Gasteiger partial charge is 0.321 e. The van der Waals surface area contributed by atoms with Crippen molar-refractivity contribution < 1.29 is 0 Å². The first-order valence-electron chi connectivity index (χ1n) is 8.34. The maximum Gasteiger partial charge on any atom is 0.266 e. The van der Waals surface area contributed by atoms with Gasteiger partial charge in [-0.1, -0.05) is 30.3 Å². The first-order chi connectivity index (χ1) is 12.0. The summed E-state index contributed by atoms with van der Waals surface area (Å²) in [6.45, 7) is 2.20. The average molecular weight is 348 g/mol. The number of H-pyrrole nitrogens is 1. The van der Waals surface area contributed by atoms with Crippen molar-refractivity contribution >= 4 is 32.3 Å². The molecule has 1 N–H and O–H groups in total. The number of fused-ring (bicyclic) bond motifs is 3. The molecule has 2 aromatic heterocycles. The molecule has 0 radical (unpaired) electrons. The predicted octanol–water partition coefficient (Wildman–Crippen LogP) is 5.03. The highest BCUT2D eigenvalue weighted by Crippen LogP contribution is 2.30. The number of rotatable bonds is 3. The molecule has 0 aliphatic carbocycles. The molecule has 4 aromatic rings. The summed E-state index contributed by atoms with van der Waals surface area (Å²) in [5, 5.41) is 4.10. The van der Waals surface area contributed by atoms with E-state index < -0.39 is 0 Å². The summed E-state index contributed by atoms with van der Waals surface area (Å²) >= 11 is 1.49. The lowest BCUT2D eigenvalue weighted by Crippen LogP contribution is -2.16. The molecule has 0 aliphatic heterocycles. The number of hydrogen-bond acceptors (Lipinski definition) is 3. The van der Waals surface area contributed by atoms with Gasteiger partial charge in [0, 0.05) is 22.3 Å². The van der Waals surface area contributed by atoms with E-state index in [0.29, 0.717) is 6.04 Å². The predicted molar refractivity (Wildman–Crippen MR) is 107 cm³/mol. The van der Waals surface area contributed by atoms with Crippen LogP contribution in [-0.2, 0) is 0 Å². The van der Waals surface area contributed by atoms with Crippen LogP contribution in [0.25, 0.3) is 32.1 Å². The number of aromatic nitrogens is 1. The minimum Gasteiger partial charge on any atom is -0.321 e. The van der Waals surface area contributed by atoms with E-state index in [4.69, 9.17) is 0 Å². The summed E-state index contributed by atoms with van der Waals surface area (Å²) in [7, 11) is 4.18. The van der Waals surface area contributed by atoms with E-state index in [2.05, 4.69) is 67.3 Å². The molecule has 25 heavy (non-hydrogen) atoms. The zero-order chi connectivity index (χ0) is 17.6. The van der Waals surface area contributed by atoms with Crippen molar-refractivity contribution in [2.75, 3.05) is 14.1 Å². The van der Waals surface area contributed by atoms with Crippen LogP contribution in [0.3, 0.4) is 0 Å². The maximum absolute atomic E-state index is 12.1. The highest BCUT2D eigenvalue weighted by Gasteiger charge is 2.10. The minimum absolute atomic E-state index is 0.00715. The monoisotopic (exact) mass is 348 g/mol. The summed E-state index contributed by atoms with van der Waals surface area (Å²) in [5.41, 5.74) is 4.53. The van der Waals surface area contributed by atoms with Gasteiger partial charge in [-0.15, -0.1) is 11.3 Å². The fraction of sp³-hybridized carbons (Fsp3) is 0.190. The number of pyridine rings is 1. The third-order valence-electron chi connectivity index (χ3n) is 4.93. The average Bonchev–Trinajstić information content (AvgIpc) is 3.12. The van der Waals surface area contributed by atoms with E-state index in [-0.39, 0.29) is 5.56 Å². The normalized spacial score (nSPS) is 13.0. The van der Waals surface area contributed by atoms with Crippen LogP contribution >= 0.6 is 11.3 Å². The van der Waals surface area contributed by atoms with E-state index in [1.54, 1.807) is 0 Å². The van der Waals surface area contributed by atoms with Crippen LogP contribution in [0.1, 0.15) is 18.5 Å². The minimum atomic E-state index is -0.00715. The first kappa shape index (κ1) is 16.1. The quantitative estimate of drug-likeness (QED) is 0.563. The second-order valence-corrected chi connectivity index (χ2v) is 7.56. The van der Waals surface area contributed by atoms with Crippen LogP contribution in [0.15, 0.2) is 58.7 Å². The molecule has 3 nitrogen and oxygen atoms in total. The van der Waals surface area contributed by atoms with E-state index in [9.17, 15) is 4.79 Å². The molecule has 0 saturated carbocycles. The topological polar surface area (TPSA) is 36.1 Å². The zero-order valence-corrected chi connectivity index (χ0v) is 15.4. The first-order valence-corrected chi connectivity index (χ1v) is 9.22. The summed E-state index contributed by atoms with van der Waals surface area (Å²) < 4.78 is 0.791. The smallest absolute Gasteiger partial charge is 0.266 e. The molecule has 2 heterocycles. The number of benzene rings is 2. The summed E-state index contributed by atoms with van der Waals surface area (Å²) in [5.74, 6) is 0. The molecule has 126 valence electrons. The number of nitrogens with zero attached hydrogens (tertiary/aromatic N) is 1. The molecule has 0 aliphatic rings. The SMILES string of the molecule is CC(c1ccc(-c2ccc3[nH]c(=O)c4sccc4c3c2)cc1)N(C)C. The summed E-state index contributed by atoms with van der Waals surface area (Å²) in [4.78, 5) is 17.3. The van der Waals surface area contributed by atoms with Crippen LogP contribution < -0.4 is 5.56 Å². The van der Waals surface area contributed by atoms with Gasteiger partial charge in [-0.05, 0) is 61.3 Å². The Labute approximate surface area is 150 Å². The lowest BCUT2D eigenvalue weighted by molar-refractivity contribution is 0.321. The summed E-state index contributed by atoms with van der Waals surface area (Å²) in [6.07, 6.45) is 0. The molecule has 0 saturated heterocycles. The Hall–Kier alpha value is -2.43. The van der Waals surface area contributed by atoms with Gasteiger partial charge in [0.05, 0.1) is 0 Å². The van der Waals surface area contributed by atoms with Gasteiger partial charge in [-0.3, -0.25) is 4.79 Å². The Morgan fingerprint density at radius 1 is 0.960 bits per heavy atom. The summed E-state index contributed by atoms with van der Waals surface area (Å²) in [6, 6.07) is 17.4. The van der Waals surface area contributed by atoms with Crippen molar-refractivity contribution in [3.05, 3.63) is 69.8 Å². The number of hydrogen-bond donors (Lipinski definition) is 1. The van der Waals surface area contributed by atoms with Crippen molar-refractivity contribution in [1.29, 1.82) is 0 Å². The molecular weight excluding hydrogens is 328 g/mol. The van der Waals surface area contributed by atoms with Gasteiger partial charge in [0.1, 0.15) is 4.70 Å². The number of thiophene rings is 1. The van der Waals surface area contributed by atoms with Gasteiger partial charge in [0.15, 0.2) is 0 Å². The lowest BCUT2D eigenvalue weighted by Gasteiger charge is -2.20. The fourth-order valence-corrected chi connectivity index (χ4v) is 3.99. The fourth-order valence-electron chi connectivity index (χ4n) is 3.18. The molecule has 4 rings (SSSR count). The molecule has 4 heteroatoms. The van der Waals surface area contributed by atoms with Crippen LogP contribution in [0.5, 0.6) is 0 Å². The van der Waals surface area contributed by atoms with Gasteiger partial charge in [-0.25, -0.2) is 0 Å². The van der Waals surface area contributed by atoms with E-state index >= 15 is 0 Å². The molecule has 1 unspecified atom stereocenters. The van der Waals surface area contributed by atoms with Crippen LogP contribution in [0, 0.1) is 0 Å². The van der Waals surface area contributed by atoms with Gasteiger partial charge >= 0.3 is 0 Å². The molecule has 0 fully saturated rings. The van der Waals surface area contributed by atoms with Gasteiger partial charge in [-0.2, -0.15) is 0 Å². The Morgan fingerprint density at radius 2 is 1.68 bits per heavy atom. The Morgan fingerprint density at radius 3 is 2.40 bits per heavy atom. The Balaban J connectivity index is 1.82. The van der Waals surface area contributed by atoms with Crippen LogP contribution in [0.4, 0.5) is 0 Å². The zero-order valence-electron chi connectivity index (χ0n) is 14.5. The molecule has 2 aromatic carbocycles. The molecule has 0 amide bonds. The van der Waals surface area contributed by atoms with Gasteiger partial charge in [0.2, 0.25) is 0 Å². The lowest BCUT2D eigenvalue weighted by atomic mass is 9.99. The highest BCUT2D eigenvalue weighted by molar-refractivity contribution is 7.17. The van der Waals surface area contributed by atoms with Crippen molar-refractivity contribution in [3.63, 3.8) is 0 Å². The molecule has 1 atom stereocenters. The van der Waals surface area contributed by atoms with Crippen molar-refractivity contribution in [2.45, 2.75) is 13.0 Å². The Bertz CT molecular complexity index is 1110. The van der Waals surface area contributed by atoms with E-state index in [1.807, 2.05) is 17.5 Å². The highest BCUT2D eigenvalue weighted by atomic mass is 32.1. The third-order valence-corrected chi connectivity index (χ3v) is 5.84. The van der Waals surface area contributed by atoms with Crippen LogP contribution in [-0.4, -0.2) is 24.0 Å². The van der Waals surface area contributed by atoms with E-state index in [1.165, 1.54) is 22.5 Å². The maximum atomic E-state index is 12.1. The number of aromatic amines is 1. The molecule has 0 spiro atoms. The molecular formula is C21H20N2OS. The van der Waals surface area contributed by atoms with Gasteiger partial charge in [0.25, 0.3) is 5.56 Å². The third kappa shape index (κ3) is 2.77. The van der Waals surface area contributed by atoms with Gasteiger partial charge < -0.3 is 9.88 Å². The Kier molecular flexibility index (Phi) is 3.94. The second-order valence-electron chi connectivity index (χ2n) is 6.64. The van der Waals surface area contributed by atoms with Crippen molar-refractivity contribution in [3.8, 4) is 11.1 Å². The van der Waals surface area contributed by atoms with Crippen molar-refractivity contribution in [2.24, 2.45) is 0 Å². The molecule has 0 bridgehead atoms.